The number of hydrogen-bond donors (Lipinski definition) is 1. The van der Waals surface area contributed by atoms with Gasteiger partial charge in [0.05, 0.1) is 6.54 Å². The molecule has 0 aromatic carbocycles. The lowest BCUT2D eigenvalue weighted by atomic mass is 10.2. The van der Waals surface area contributed by atoms with Gasteiger partial charge in [0.15, 0.2) is 0 Å². The Kier molecular flexibility index (Phi) is 5.71. The molecule has 0 saturated carbocycles. The summed E-state index contributed by atoms with van der Waals surface area (Å²) in [6.45, 7) is 5.33. The van der Waals surface area contributed by atoms with Gasteiger partial charge in [0.25, 0.3) is 0 Å². The van der Waals surface area contributed by atoms with E-state index in [0.717, 1.165) is 25.6 Å². The fourth-order valence-electron chi connectivity index (χ4n) is 1.32. The van der Waals surface area contributed by atoms with Crippen molar-refractivity contribution in [1.82, 2.24) is 15.1 Å². The maximum Gasteiger partial charge on any atom is 0.0533 e. The molecule has 0 bridgehead atoms. The van der Waals surface area contributed by atoms with E-state index in [0.29, 0.717) is 0 Å². The van der Waals surface area contributed by atoms with Crippen molar-refractivity contribution in [3.8, 4) is 0 Å². The first kappa shape index (κ1) is 11.6. The van der Waals surface area contributed by atoms with E-state index in [1.54, 1.807) is 0 Å². The quantitative estimate of drug-likeness (QED) is 0.696. The van der Waals surface area contributed by atoms with Crippen LogP contribution < -0.4 is 5.32 Å². The molecule has 1 aromatic heterocycles. The Morgan fingerprint density at radius 3 is 3.07 bits per heavy atom. The summed E-state index contributed by atoms with van der Waals surface area (Å²) >= 11 is 1.91. The SMILES string of the molecule is CSCC(C)CNCCn1cccn1. The standard InChI is InChI=1S/C10H19N3S/c1-10(9-14-2)8-11-5-7-13-6-3-4-12-13/h3-4,6,10-11H,5,7-9H2,1-2H3. The second-order valence-electron chi connectivity index (χ2n) is 3.53. The predicted molar refractivity (Wildman–Crippen MR) is 62.6 cm³/mol. The molecule has 1 N–H and O–H groups in total. The van der Waals surface area contributed by atoms with Gasteiger partial charge >= 0.3 is 0 Å². The Hall–Kier alpha value is -0.480. The molecule has 1 heterocycles. The number of nitrogens with zero attached hydrogens (tertiary/aromatic N) is 2. The van der Waals surface area contributed by atoms with Gasteiger partial charge in [0, 0.05) is 18.9 Å². The Labute approximate surface area is 90.3 Å². The number of aromatic nitrogens is 2. The van der Waals surface area contributed by atoms with E-state index in [2.05, 4.69) is 23.6 Å². The molecule has 1 aromatic rings. The van der Waals surface area contributed by atoms with Crippen molar-refractivity contribution in [3.05, 3.63) is 18.5 Å². The van der Waals surface area contributed by atoms with Crippen LogP contribution >= 0.6 is 11.8 Å². The Balaban J connectivity index is 1.99. The first-order valence-electron chi connectivity index (χ1n) is 5.00. The molecule has 3 nitrogen and oxygen atoms in total. The van der Waals surface area contributed by atoms with Gasteiger partial charge < -0.3 is 5.32 Å². The number of thioether (sulfide) groups is 1. The number of nitrogens with one attached hydrogen (secondary N) is 1. The minimum absolute atomic E-state index is 0.752. The van der Waals surface area contributed by atoms with Crippen LogP contribution in [0.2, 0.25) is 0 Å². The van der Waals surface area contributed by atoms with E-state index in [1.807, 2.05) is 34.9 Å². The molecule has 4 heteroatoms. The average molecular weight is 213 g/mol. The highest BCUT2D eigenvalue weighted by molar-refractivity contribution is 7.98. The monoisotopic (exact) mass is 213 g/mol. The molecule has 0 spiro atoms. The summed E-state index contributed by atoms with van der Waals surface area (Å²) in [5.74, 6) is 1.98. The number of rotatable bonds is 7. The fourth-order valence-corrected chi connectivity index (χ4v) is 2.01. The second kappa shape index (κ2) is 6.90. The van der Waals surface area contributed by atoms with Crippen LogP contribution in [0, 0.1) is 5.92 Å². The van der Waals surface area contributed by atoms with E-state index in [-0.39, 0.29) is 0 Å². The Morgan fingerprint density at radius 2 is 2.43 bits per heavy atom. The zero-order valence-electron chi connectivity index (χ0n) is 8.94. The number of hydrogen-bond acceptors (Lipinski definition) is 3. The molecule has 1 atom stereocenters. The van der Waals surface area contributed by atoms with Crippen LogP contribution in [0.5, 0.6) is 0 Å². The Bertz CT molecular complexity index is 223. The molecule has 14 heavy (non-hydrogen) atoms. The van der Waals surface area contributed by atoms with Gasteiger partial charge in [-0.3, -0.25) is 4.68 Å². The topological polar surface area (TPSA) is 29.9 Å². The molecule has 0 fully saturated rings. The highest BCUT2D eigenvalue weighted by Gasteiger charge is 1.99. The first-order valence-corrected chi connectivity index (χ1v) is 6.39. The molecule has 0 aliphatic carbocycles. The lowest BCUT2D eigenvalue weighted by molar-refractivity contribution is 0.510. The van der Waals surface area contributed by atoms with E-state index in [9.17, 15) is 0 Å². The van der Waals surface area contributed by atoms with Gasteiger partial charge in [0.2, 0.25) is 0 Å². The van der Waals surface area contributed by atoms with Crippen molar-refractivity contribution in [1.29, 1.82) is 0 Å². The lowest BCUT2D eigenvalue weighted by Crippen LogP contribution is -2.26. The maximum atomic E-state index is 4.14. The van der Waals surface area contributed by atoms with Crippen LogP contribution in [0.4, 0.5) is 0 Å². The van der Waals surface area contributed by atoms with Gasteiger partial charge in [0.1, 0.15) is 0 Å². The third-order valence-corrected chi connectivity index (χ3v) is 2.92. The lowest BCUT2D eigenvalue weighted by Gasteiger charge is -2.10. The summed E-state index contributed by atoms with van der Waals surface area (Å²) in [7, 11) is 0. The highest BCUT2D eigenvalue weighted by Crippen LogP contribution is 2.02. The molecule has 1 unspecified atom stereocenters. The van der Waals surface area contributed by atoms with Crippen molar-refractivity contribution in [2.45, 2.75) is 13.5 Å². The van der Waals surface area contributed by atoms with Crippen molar-refractivity contribution in [2.75, 3.05) is 25.1 Å². The van der Waals surface area contributed by atoms with E-state index in [1.165, 1.54) is 5.75 Å². The second-order valence-corrected chi connectivity index (χ2v) is 4.44. The van der Waals surface area contributed by atoms with E-state index in [4.69, 9.17) is 0 Å². The molecule has 0 amide bonds. The molecule has 0 radical (unpaired) electrons. The van der Waals surface area contributed by atoms with Crippen molar-refractivity contribution < 1.29 is 0 Å². The molecule has 80 valence electrons. The third-order valence-electron chi connectivity index (χ3n) is 2.02. The molecule has 0 aliphatic heterocycles. The summed E-state index contributed by atoms with van der Waals surface area (Å²) < 4.78 is 1.95. The van der Waals surface area contributed by atoms with Crippen molar-refractivity contribution in [2.24, 2.45) is 5.92 Å². The van der Waals surface area contributed by atoms with Crippen LogP contribution in [-0.2, 0) is 6.54 Å². The van der Waals surface area contributed by atoms with Crippen molar-refractivity contribution in [3.63, 3.8) is 0 Å². The molecular formula is C10H19N3S. The van der Waals surface area contributed by atoms with Gasteiger partial charge in [-0.1, -0.05) is 6.92 Å². The Morgan fingerprint density at radius 1 is 1.57 bits per heavy atom. The van der Waals surface area contributed by atoms with Crippen LogP contribution in [0.3, 0.4) is 0 Å². The smallest absolute Gasteiger partial charge is 0.0533 e. The molecular weight excluding hydrogens is 194 g/mol. The maximum absolute atomic E-state index is 4.14. The predicted octanol–water partition coefficient (Wildman–Crippen LogP) is 1.47. The molecule has 1 rings (SSSR count). The van der Waals surface area contributed by atoms with E-state index < -0.39 is 0 Å². The average Bonchev–Trinajstić information content (AvgIpc) is 2.65. The third kappa shape index (κ3) is 4.67. The van der Waals surface area contributed by atoms with Crippen LogP contribution in [-0.4, -0.2) is 34.9 Å². The fraction of sp³-hybridized carbons (Fsp3) is 0.700. The zero-order chi connectivity index (χ0) is 10.2. The normalized spacial score (nSPS) is 13.0. The molecule has 0 saturated heterocycles. The van der Waals surface area contributed by atoms with Crippen LogP contribution in [0.1, 0.15) is 6.92 Å². The summed E-state index contributed by atoms with van der Waals surface area (Å²) in [4.78, 5) is 0. The summed E-state index contributed by atoms with van der Waals surface area (Å²) in [5, 5.41) is 7.58. The van der Waals surface area contributed by atoms with Gasteiger partial charge in [-0.25, -0.2) is 0 Å². The van der Waals surface area contributed by atoms with Gasteiger partial charge in [-0.05, 0) is 30.5 Å². The minimum atomic E-state index is 0.752. The summed E-state index contributed by atoms with van der Waals surface area (Å²) in [6.07, 6.45) is 5.96. The molecule has 0 aliphatic rings. The highest BCUT2D eigenvalue weighted by atomic mass is 32.2. The van der Waals surface area contributed by atoms with Crippen molar-refractivity contribution >= 4 is 11.8 Å². The van der Waals surface area contributed by atoms with Crippen LogP contribution in [0.25, 0.3) is 0 Å². The van der Waals surface area contributed by atoms with Crippen LogP contribution in [0.15, 0.2) is 18.5 Å². The first-order chi connectivity index (χ1) is 6.83. The largest absolute Gasteiger partial charge is 0.315 e. The minimum Gasteiger partial charge on any atom is -0.315 e. The van der Waals surface area contributed by atoms with Gasteiger partial charge in [-0.2, -0.15) is 16.9 Å². The summed E-state index contributed by atoms with van der Waals surface area (Å²) in [5.41, 5.74) is 0. The summed E-state index contributed by atoms with van der Waals surface area (Å²) in [6, 6.07) is 1.95. The van der Waals surface area contributed by atoms with Gasteiger partial charge in [-0.15, -0.1) is 0 Å². The zero-order valence-corrected chi connectivity index (χ0v) is 9.76. The van der Waals surface area contributed by atoms with E-state index >= 15 is 0 Å².